The van der Waals surface area contributed by atoms with Crippen molar-refractivity contribution in [1.29, 1.82) is 0 Å². The standard InChI is InChI=1S/C15H28N4O2/c1-12(2)17-15(3,14(20)21)7-6-9-18(4)11-13-16-8-10-19(13)5/h8,10,12,17H,6-7,9,11H2,1-5H3,(H,20,21). The Hall–Kier alpha value is -1.40. The van der Waals surface area contributed by atoms with Gasteiger partial charge in [0.05, 0.1) is 6.54 Å². The zero-order valence-corrected chi connectivity index (χ0v) is 13.8. The van der Waals surface area contributed by atoms with Crippen molar-refractivity contribution in [1.82, 2.24) is 19.8 Å². The monoisotopic (exact) mass is 296 g/mol. The van der Waals surface area contributed by atoms with Crippen molar-refractivity contribution in [3.05, 3.63) is 18.2 Å². The number of aromatic nitrogens is 2. The van der Waals surface area contributed by atoms with E-state index in [1.807, 2.05) is 38.7 Å². The lowest BCUT2D eigenvalue weighted by atomic mass is 9.95. The van der Waals surface area contributed by atoms with Crippen LogP contribution < -0.4 is 5.32 Å². The first-order valence-corrected chi connectivity index (χ1v) is 7.40. The molecular weight excluding hydrogens is 268 g/mol. The Morgan fingerprint density at radius 3 is 2.71 bits per heavy atom. The zero-order valence-electron chi connectivity index (χ0n) is 13.8. The molecule has 2 N–H and O–H groups in total. The third-order valence-electron chi connectivity index (χ3n) is 3.63. The molecule has 0 aliphatic heterocycles. The largest absolute Gasteiger partial charge is 0.480 e. The summed E-state index contributed by atoms with van der Waals surface area (Å²) in [6.45, 7) is 7.30. The lowest BCUT2D eigenvalue weighted by molar-refractivity contribution is -0.144. The Bertz CT molecular complexity index is 458. The molecule has 0 radical (unpaired) electrons. The molecule has 1 rings (SSSR count). The summed E-state index contributed by atoms with van der Waals surface area (Å²) in [5.74, 6) is 0.224. The van der Waals surface area contributed by atoms with Crippen LogP contribution in [0.15, 0.2) is 12.4 Å². The van der Waals surface area contributed by atoms with E-state index in [4.69, 9.17) is 0 Å². The summed E-state index contributed by atoms with van der Waals surface area (Å²) in [6, 6.07) is 0.149. The number of aliphatic carboxylic acids is 1. The highest BCUT2D eigenvalue weighted by molar-refractivity contribution is 5.78. The van der Waals surface area contributed by atoms with Gasteiger partial charge in [0.25, 0.3) is 0 Å². The molecule has 0 aliphatic carbocycles. The quantitative estimate of drug-likeness (QED) is 0.722. The summed E-state index contributed by atoms with van der Waals surface area (Å²) >= 11 is 0. The second kappa shape index (κ2) is 7.56. The predicted molar refractivity (Wildman–Crippen MR) is 83.1 cm³/mol. The Morgan fingerprint density at radius 1 is 1.57 bits per heavy atom. The number of rotatable bonds is 9. The molecule has 1 unspecified atom stereocenters. The third-order valence-corrected chi connectivity index (χ3v) is 3.63. The van der Waals surface area contributed by atoms with Gasteiger partial charge in [-0.25, -0.2) is 4.98 Å². The van der Waals surface area contributed by atoms with Gasteiger partial charge in [-0.3, -0.25) is 15.0 Å². The van der Waals surface area contributed by atoms with E-state index in [-0.39, 0.29) is 6.04 Å². The fourth-order valence-corrected chi connectivity index (χ4v) is 2.45. The summed E-state index contributed by atoms with van der Waals surface area (Å²) in [5, 5.41) is 12.6. The Kier molecular flexibility index (Phi) is 6.36. The fraction of sp³-hybridized carbons (Fsp3) is 0.733. The first-order valence-electron chi connectivity index (χ1n) is 7.40. The van der Waals surface area contributed by atoms with E-state index < -0.39 is 11.5 Å². The number of nitrogens with zero attached hydrogens (tertiary/aromatic N) is 3. The van der Waals surface area contributed by atoms with Gasteiger partial charge in [0.15, 0.2) is 0 Å². The molecule has 1 aromatic rings. The van der Waals surface area contributed by atoms with Crippen molar-refractivity contribution < 1.29 is 9.90 Å². The van der Waals surface area contributed by atoms with E-state index in [1.165, 1.54) is 0 Å². The van der Waals surface area contributed by atoms with Crippen LogP contribution in [-0.2, 0) is 18.4 Å². The lowest BCUT2D eigenvalue weighted by Crippen LogP contribution is -2.52. The van der Waals surface area contributed by atoms with Crippen LogP contribution in [0.2, 0.25) is 0 Å². The lowest BCUT2D eigenvalue weighted by Gasteiger charge is -2.29. The summed E-state index contributed by atoms with van der Waals surface area (Å²) < 4.78 is 2.00. The van der Waals surface area contributed by atoms with E-state index in [1.54, 1.807) is 13.1 Å². The Morgan fingerprint density at radius 2 is 2.24 bits per heavy atom. The molecule has 21 heavy (non-hydrogen) atoms. The van der Waals surface area contributed by atoms with Crippen LogP contribution in [0.4, 0.5) is 0 Å². The number of aryl methyl sites for hydroxylation is 1. The van der Waals surface area contributed by atoms with Gasteiger partial charge in [-0.1, -0.05) is 0 Å². The van der Waals surface area contributed by atoms with Gasteiger partial charge in [-0.2, -0.15) is 0 Å². The maximum absolute atomic E-state index is 11.4. The van der Waals surface area contributed by atoms with Crippen LogP contribution >= 0.6 is 0 Å². The highest BCUT2D eigenvalue weighted by Crippen LogP contribution is 2.15. The SMILES string of the molecule is CC(C)NC(C)(CCCN(C)Cc1nccn1C)C(=O)O. The molecule has 1 heterocycles. The average molecular weight is 296 g/mol. The van der Waals surface area contributed by atoms with Crippen LogP contribution in [0.25, 0.3) is 0 Å². The van der Waals surface area contributed by atoms with Gasteiger partial charge in [-0.05, 0) is 47.2 Å². The van der Waals surface area contributed by atoms with Crippen molar-refractivity contribution in [2.75, 3.05) is 13.6 Å². The molecule has 0 amide bonds. The first-order chi connectivity index (χ1) is 9.74. The van der Waals surface area contributed by atoms with E-state index in [0.717, 1.165) is 25.3 Å². The number of hydrogen-bond donors (Lipinski definition) is 2. The minimum absolute atomic E-state index is 0.149. The number of carboxylic acid groups (broad SMARTS) is 1. The molecule has 0 saturated carbocycles. The molecule has 120 valence electrons. The van der Waals surface area contributed by atoms with E-state index in [0.29, 0.717) is 6.42 Å². The normalized spacial score (nSPS) is 14.6. The van der Waals surface area contributed by atoms with Crippen molar-refractivity contribution >= 4 is 5.97 Å². The van der Waals surface area contributed by atoms with Crippen LogP contribution in [0, 0.1) is 0 Å². The molecule has 1 atom stereocenters. The van der Waals surface area contributed by atoms with Gasteiger partial charge in [0.1, 0.15) is 11.4 Å². The second-order valence-corrected chi connectivity index (χ2v) is 6.23. The molecular formula is C15H28N4O2. The van der Waals surface area contributed by atoms with Gasteiger partial charge in [-0.15, -0.1) is 0 Å². The fourth-order valence-electron chi connectivity index (χ4n) is 2.45. The van der Waals surface area contributed by atoms with E-state index in [2.05, 4.69) is 15.2 Å². The molecule has 1 aromatic heterocycles. The smallest absolute Gasteiger partial charge is 0.323 e. The predicted octanol–water partition coefficient (Wildman–Crippen LogP) is 1.47. The van der Waals surface area contributed by atoms with E-state index in [9.17, 15) is 9.90 Å². The van der Waals surface area contributed by atoms with Crippen molar-refractivity contribution in [2.45, 2.75) is 51.7 Å². The van der Waals surface area contributed by atoms with Crippen molar-refractivity contribution in [3.63, 3.8) is 0 Å². The summed E-state index contributed by atoms with van der Waals surface area (Å²) in [5.41, 5.74) is -0.863. The molecule has 0 bridgehead atoms. The minimum atomic E-state index is -0.863. The maximum Gasteiger partial charge on any atom is 0.323 e. The van der Waals surface area contributed by atoms with Gasteiger partial charge in [0.2, 0.25) is 0 Å². The van der Waals surface area contributed by atoms with Gasteiger partial charge >= 0.3 is 5.97 Å². The number of carbonyl (C=O) groups is 1. The zero-order chi connectivity index (χ0) is 16.0. The average Bonchev–Trinajstić information content (AvgIpc) is 2.73. The molecule has 6 heteroatoms. The molecule has 6 nitrogen and oxygen atoms in total. The molecule has 0 aromatic carbocycles. The summed E-state index contributed by atoms with van der Waals surface area (Å²) in [6.07, 6.45) is 5.14. The highest BCUT2D eigenvalue weighted by atomic mass is 16.4. The molecule has 0 spiro atoms. The Balaban J connectivity index is 2.43. The molecule has 0 aliphatic rings. The second-order valence-electron chi connectivity index (χ2n) is 6.23. The van der Waals surface area contributed by atoms with Gasteiger partial charge < -0.3 is 9.67 Å². The van der Waals surface area contributed by atoms with Gasteiger partial charge in [0, 0.05) is 25.5 Å². The highest BCUT2D eigenvalue weighted by Gasteiger charge is 2.32. The van der Waals surface area contributed by atoms with Crippen LogP contribution in [0.5, 0.6) is 0 Å². The number of imidazole rings is 1. The van der Waals surface area contributed by atoms with Crippen LogP contribution in [0.3, 0.4) is 0 Å². The first kappa shape index (κ1) is 17.7. The third kappa shape index (κ3) is 5.47. The van der Waals surface area contributed by atoms with E-state index >= 15 is 0 Å². The molecule has 0 fully saturated rings. The summed E-state index contributed by atoms with van der Waals surface area (Å²) in [4.78, 5) is 17.9. The number of hydrogen-bond acceptors (Lipinski definition) is 4. The topological polar surface area (TPSA) is 70.4 Å². The number of carboxylic acids is 1. The summed E-state index contributed by atoms with van der Waals surface area (Å²) in [7, 11) is 4.01. The van der Waals surface area contributed by atoms with Crippen molar-refractivity contribution in [3.8, 4) is 0 Å². The van der Waals surface area contributed by atoms with Crippen molar-refractivity contribution in [2.24, 2.45) is 7.05 Å². The maximum atomic E-state index is 11.4. The van der Waals surface area contributed by atoms with Crippen LogP contribution in [-0.4, -0.2) is 50.7 Å². The minimum Gasteiger partial charge on any atom is -0.480 e. The Labute approximate surface area is 127 Å². The van der Waals surface area contributed by atoms with Crippen LogP contribution in [0.1, 0.15) is 39.4 Å². The number of nitrogens with one attached hydrogen (secondary N) is 1. The molecule has 0 saturated heterocycles.